The van der Waals surface area contributed by atoms with Gasteiger partial charge in [0, 0.05) is 12.3 Å². The molecular weight excluding hydrogens is 368 g/mol. The molecular formula is C23H40O4Si. The van der Waals surface area contributed by atoms with E-state index < -0.39 is 14.1 Å². The van der Waals surface area contributed by atoms with Crippen molar-refractivity contribution in [3.8, 4) is 0 Å². The molecule has 1 fully saturated rings. The van der Waals surface area contributed by atoms with Crippen molar-refractivity contribution >= 4 is 8.32 Å². The third kappa shape index (κ3) is 6.96. The van der Waals surface area contributed by atoms with Gasteiger partial charge in [-0.05, 0) is 37.5 Å². The maximum atomic E-state index is 6.42. The van der Waals surface area contributed by atoms with E-state index in [-0.39, 0.29) is 17.2 Å². The molecule has 2 rings (SSSR count). The first-order valence-corrected chi connectivity index (χ1v) is 13.4. The molecule has 0 radical (unpaired) electrons. The Kier molecular flexibility index (Phi) is 7.90. The lowest BCUT2D eigenvalue weighted by molar-refractivity contribution is -0.312. The molecule has 5 heteroatoms. The Labute approximate surface area is 173 Å². The van der Waals surface area contributed by atoms with Crippen LogP contribution in [-0.2, 0) is 25.2 Å². The highest BCUT2D eigenvalue weighted by atomic mass is 28.4. The van der Waals surface area contributed by atoms with Crippen LogP contribution in [0.4, 0.5) is 0 Å². The van der Waals surface area contributed by atoms with Crippen LogP contribution in [-0.4, -0.2) is 39.5 Å². The van der Waals surface area contributed by atoms with Gasteiger partial charge in [-0.1, -0.05) is 58.0 Å². The average molecular weight is 409 g/mol. The second kappa shape index (κ2) is 9.39. The van der Waals surface area contributed by atoms with Crippen LogP contribution in [0, 0.1) is 5.92 Å². The van der Waals surface area contributed by atoms with E-state index in [4.69, 9.17) is 18.6 Å². The lowest BCUT2D eigenvalue weighted by Gasteiger charge is -2.44. The highest BCUT2D eigenvalue weighted by molar-refractivity contribution is 6.74. The number of rotatable bonds is 8. The number of benzene rings is 1. The molecule has 0 aliphatic carbocycles. The quantitative estimate of drug-likeness (QED) is 0.512. The van der Waals surface area contributed by atoms with Gasteiger partial charge in [0.15, 0.2) is 14.1 Å². The summed E-state index contributed by atoms with van der Waals surface area (Å²) >= 11 is 0. The first-order valence-electron chi connectivity index (χ1n) is 10.5. The van der Waals surface area contributed by atoms with Crippen molar-refractivity contribution in [2.75, 3.05) is 13.2 Å². The third-order valence-corrected chi connectivity index (χ3v) is 10.4. The first kappa shape index (κ1) is 23.6. The Balaban J connectivity index is 1.88. The number of hydrogen-bond acceptors (Lipinski definition) is 4. The molecule has 1 saturated heterocycles. The molecule has 28 heavy (non-hydrogen) atoms. The van der Waals surface area contributed by atoms with E-state index in [9.17, 15) is 0 Å². The van der Waals surface area contributed by atoms with E-state index in [1.165, 1.54) is 5.56 Å². The Bertz CT molecular complexity index is 594. The molecule has 1 aromatic carbocycles. The summed E-state index contributed by atoms with van der Waals surface area (Å²) in [7, 11) is -1.79. The van der Waals surface area contributed by atoms with Crippen LogP contribution in [0.5, 0.6) is 0 Å². The molecule has 4 nitrogen and oxygen atoms in total. The zero-order chi connectivity index (χ0) is 21.0. The lowest BCUT2D eigenvalue weighted by atomic mass is 9.97. The summed E-state index contributed by atoms with van der Waals surface area (Å²) in [4.78, 5) is 0. The van der Waals surface area contributed by atoms with Crippen molar-refractivity contribution in [1.82, 2.24) is 0 Å². The molecule has 0 aromatic heterocycles. The normalized spacial score (nSPS) is 24.1. The van der Waals surface area contributed by atoms with Gasteiger partial charge in [-0.15, -0.1) is 0 Å². The topological polar surface area (TPSA) is 36.9 Å². The van der Waals surface area contributed by atoms with Crippen molar-refractivity contribution < 1.29 is 18.6 Å². The Morgan fingerprint density at radius 2 is 1.79 bits per heavy atom. The van der Waals surface area contributed by atoms with Crippen LogP contribution >= 0.6 is 0 Å². The maximum Gasteiger partial charge on any atom is 0.192 e. The first-order chi connectivity index (χ1) is 12.9. The summed E-state index contributed by atoms with van der Waals surface area (Å²) in [5.74, 6) is -0.305. The monoisotopic (exact) mass is 408 g/mol. The standard InChI is InChI=1S/C23H40O4Si/c1-18(15-24-16-19-12-10-9-11-13-19)21-14-20(26-23(5,6)27-21)17-25-28(7,8)22(2,3)4/h9-13,18,20-21H,14-17H2,1-8H3/t18-,20+,21+/m1/s1. The summed E-state index contributed by atoms with van der Waals surface area (Å²) in [6.45, 7) is 19.5. The Morgan fingerprint density at radius 3 is 2.39 bits per heavy atom. The van der Waals surface area contributed by atoms with Gasteiger partial charge >= 0.3 is 0 Å². The summed E-state index contributed by atoms with van der Waals surface area (Å²) in [6, 6.07) is 10.3. The van der Waals surface area contributed by atoms with Crippen LogP contribution < -0.4 is 0 Å². The molecule has 0 saturated carbocycles. The van der Waals surface area contributed by atoms with Crippen molar-refractivity contribution in [2.24, 2.45) is 5.92 Å². The predicted molar refractivity (Wildman–Crippen MR) is 117 cm³/mol. The van der Waals surface area contributed by atoms with E-state index >= 15 is 0 Å². The predicted octanol–water partition coefficient (Wildman–Crippen LogP) is 5.77. The van der Waals surface area contributed by atoms with E-state index in [0.29, 0.717) is 25.7 Å². The fraction of sp³-hybridized carbons (Fsp3) is 0.739. The number of ether oxygens (including phenoxy) is 3. The minimum absolute atomic E-state index is 0.0550. The van der Waals surface area contributed by atoms with Gasteiger partial charge in [-0.25, -0.2) is 0 Å². The molecule has 160 valence electrons. The van der Waals surface area contributed by atoms with Gasteiger partial charge in [0.2, 0.25) is 0 Å². The molecule has 0 N–H and O–H groups in total. The van der Waals surface area contributed by atoms with Crippen LogP contribution in [0.1, 0.15) is 53.5 Å². The molecule has 3 atom stereocenters. The van der Waals surface area contributed by atoms with Crippen molar-refractivity contribution in [1.29, 1.82) is 0 Å². The molecule has 1 heterocycles. The van der Waals surface area contributed by atoms with E-state index in [1.54, 1.807) is 0 Å². The Hall–Kier alpha value is -0.723. The van der Waals surface area contributed by atoms with Gasteiger partial charge in [0.25, 0.3) is 0 Å². The van der Waals surface area contributed by atoms with Crippen LogP contribution in [0.15, 0.2) is 30.3 Å². The SMILES string of the molecule is C[C@H](COCc1ccccc1)[C@@H]1C[C@@H](CO[Si](C)(C)C(C)(C)C)OC(C)(C)O1. The van der Waals surface area contributed by atoms with Crippen molar-refractivity contribution in [3.05, 3.63) is 35.9 Å². The fourth-order valence-electron chi connectivity index (χ4n) is 3.16. The summed E-state index contributed by atoms with van der Waals surface area (Å²) in [6.07, 6.45) is 1.00. The third-order valence-electron chi connectivity index (χ3n) is 5.94. The minimum atomic E-state index is -1.79. The minimum Gasteiger partial charge on any atom is -0.414 e. The summed E-state index contributed by atoms with van der Waals surface area (Å²) < 4.78 is 24.8. The van der Waals surface area contributed by atoms with Crippen LogP contribution in [0.25, 0.3) is 0 Å². The van der Waals surface area contributed by atoms with Gasteiger partial charge in [-0.3, -0.25) is 0 Å². The molecule has 1 aliphatic heterocycles. The van der Waals surface area contributed by atoms with Crippen molar-refractivity contribution in [2.45, 2.75) is 90.7 Å². The summed E-state index contributed by atoms with van der Waals surface area (Å²) in [5.41, 5.74) is 1.20. The second-order valence-electron chi connectivity index (χ2n) is 10.1. The van der Waals surface area contributed by atoms with Crippen molar-refractivity contribution in [3.63, 3.8) is 0 Å². The lowest BCUT2D eigenvalue weighted by Crippen LogP contribution is -2.50. The molecule has 1 aliphatic rings. The molecule has 0 unspecified atom stereocenters. The average Bonchev–Trinajstić information content (AvgIpc) is 2.58. The second-order valence-corrected chi connectivity index (χ2v) is 14.9. The maximum absolute atomic E-state index is 6.42. The van der Waals surface area contributed by atoms with Gasteiger partial charge < -0.3 is 18.6 Å². The molecule has 0 amide bonds. The smallest absolute Gasteiger partial charge is 0.192 e. The highest BCUT2D eigenvalue weighted by Crippen LogP contribution is 2.38. The van der Waals surface area contributed by atoms with Gasteiger partial charge in [-0.2, -0.15) is 0 Å². The van der Waals surface area contributed by atoms with E-state index in [2.05, 4.69) is 52.9 Å². The van der Waals surface area contributed by atoms with Gasteiger partial charge in [0.1, 0.15) is 0 Å². The summed E-state index contributed by atoms with van der Waals surface area (Å²) in [5, 5.41) is 0.200. The van der Waals surface area contributed by atoms with Crippen LogP contribution in [0.3, 0.4) is 0 Å². The fourth-order valence-corrected chi connectivity index (χ4v) is 4.20. The zero-order valence-corrected chi connectivity index (χ0v) is 20.1. The van der Waals surface area contributed by atoms with E-state index in [1.807, 2.05) is 32.0 Å². The van der Waals surface area contributed by atoms with E-state index in [0.717, 1.165) is 6.42 Å². The number of hydrogen-bond donors (Lipinski definition) is 0. The van der Waals surface area contributed by atoms with Crippen LogP contribution in [0.2, 0.25) is 18.1 Å². The largest absolute Gasteiger partial charge is 0.414 e. The molecule has 1 aromatic rings. The highest BCUT2D eigenvalue weighted by Gasteiger charge is 2.41. The molecule has 0 bridgehead atoms. The Morgan fingerprint density at radius 1 is 1.14 bits per heavy atom. The van der Waals surface area contributed by atoms with Gasteiger partial charge in [0.05, 0.1) is 32.0 Å². The molecule has 0 spiro atoms. The zero-order valence-electron chi connectivity index (χ0n) is 19.1.